The number of para-hydroxylation sites is 4. The predicted octanol–water partition coefficient (Wildman–Crippen LogP) is 19.0. The maximum atomic E-state index is 7.05. The molecule has 0 amide bonds. The number of benzene rings is 12. The van der Waals surface area contributed by atoms with Gasteiger partial charge in [-0.05, 0) is 111 Å². The van der Waals surface area contributed by atoms with Crippen LogP contribution in [-0.4, -0.2) is 4.57 Å². The maximum Gasteiger partial charge on any atom is 0.143 e. The van der Waals surface area contributed by atoms with Crippen LogP contribution >= 0.6 is 0 Å². The van der Waals surface area contributed by atoms with E-state index < -0.39 is 5.41 Å². The zero-order valence-corrected chi connectivity index (χ0v) is 40.4. The molecule has 0 aliphatic heterocycles. The SMILES string of the molecule is c1ccc(C2(c3ccccc3)c3ccccc3-c3ccc(N(c4ccc(-c5cccc(-n6c7ccccc7c7ccccc76)c5)cc4)c4ccccc4-c4cccc5c4oc4c6ccccc6ccc54)cc32)cc1. The van der Waals surface area contributed by atoms with Gasteiger partial charge in [-0.3, -0.25) is 0 Å². The van der Waals surface area contributed by atoms with Gasteiger partial charge >= 0.3 is 0 Å². The van der Waals surface area contributed by atoms with Crippen LogP contribution in [0.25, 0.3) is 93.6 Å². The van der Waals surface area contributed by atoms with Gasteiger partial charge in [-0.25, -0.2) is 0 Å². The van der Waals surface area contributed by atoms with Gasteiger partial charge in [0.25, 0.3) is 0 Å². The minimum Gasteiger partial charge on any atom is -0.455 e. The topological polar surface area (TPSA) is 21.3 Å². The van der Waals surface area contributed by atoms with Gasteiger partial charge in [-0.15, -0.1) is 0 Å². The Kier molecular flexibility index (Phi) is 9.48. The van der Waals surface area contributed by atoms with Gasteiger partial charge in [0.05, 0.1) is 22.1 Å². The molecule has 0 N–H and O–H groups in total. The minimum atomic E-state index is -0.566. The van der Waals surface area contributed by atoms with Crippen LogP contribution in [0.3, 0.4) is 0 Å². The number of hydrogen-bond acceptors (Lipinski definition) is 2. The molecule has 12 aromatic carbocycles. The first-order chi connectivity index (χ1) is 36.7. The van der Waals surface area contributed by atoms with Crippen LogP contribution < -0.4 is 4.90 Å². The summed E-state index contributed by atoms with van der Waals surface area (Å²) < 4.78 is 9.44. The Labute approximate surface area is 429 Å². The molecule has 0 spiro atoms. The summed E-state index contributed by atoms with van der Waals surface area (Å²) in [5.41, 5.74) is 19.8. The molecule has 346 valence electrons. The first-order valence-electron chi connectivity index (χ1n) is 25.5. The van der Waals surface area contributed by atoms with Crippen LogP contribution in [0, 0.1) is 0 Å². The maximum absolute atomic E-state index is 7.05. The Morgan fingerprint density at radius 3 is 1.65 bits per heavy atom. The smallest absolute Gasteiger partial charge is 0.143 e. The molecule has 0 saturated carbocycles. The molecule has 0 atom stereocenters. The Balaban J connectivity index is 0.938. The number of furan rings is 1. The molecule has 0 fully saturated rings. The number of hydrogen-bond donors (Lipinski definition) is 0. The first-order valence-corrected chi connectivity index (χ1v) is 25.5. The van der Waals surface area contributed by atoms with Crippen molar-refractivity contribution in [2.75, 3.05) is 4.90 Å². The van der Waals surface area contributed by atoms with E-state index in [2.05, 4.69) is 289 Å². The van der Waals surface area contributed by atoms with Crippen molar-refractivity contribution in [3.8, 4) is 39.1 Å². The zero-order chi connectivity index (χ0) is 48.7. The van der Waals surface area contributed by atoms with Gasteiger partial charge in [-0.2, -0.15) is 0 Å². The molecule has 0 unspecified atom stereocenters. The van der Waals surface area contributed by atoms with Gasteiger partial charge in [0.2, 0.25) is 0 Å². The lowest BCUT2D eigenvalue weighted by Crippen LogP contribution is -2.28. The summed E-state index contributed by atoms with van der Waals surface area (Å²) in [5.74, 6) is 0. The van der Waals surface area contributed by atoms with Crippen molar-refractivity contribution in [1.29, 1.82) is 0 Å². The Morgan fingerprint density at radius 1 is 0.324 bits per heavy atom. The molecule has 3 nitrogen and oxygen atoms in total. The average Bonchev–Trinajstić information content (AvgIpc) is 4.14. The molecular formula is C71H46N2O. The summed E-state index contributed by atoms with van der Waals surface area (Å²) in [6, 6.07) is 102. The number of rotatable bonds is 8. The highest BCUT2D eigenvalue weighted by Crippen LogP contribution is 2.58. The third kappa shape index (κ3) is 6.27. The molecule has 0 saturated heterocycles. The molecule has 2 heterocycles. The summed E-state index contributed by atoms with van der Waals surface area (Å²) in [6.45, 7) is 0. The van der Waals surface area contributed by atoms with Gasteiger partial charge in [0, 0.05) is 55.1 Å². The summed E-state index contributed by atoms with van der Waals surface area (Å²) in [6.07, 6.45) is 0. The van der Waals surface area contributed by atoms with Crippen LogP contribution in [-0.2, 0) is 5.41 Å². The molecule has 3 heteroatoms. The lowest BCUT2D eigenvalue weighted by Gasteiger charge is -2.35. The second kappa shape index (κ2) is 16.7. The van der Waals surface area contributed by atoms with E-state index in [1.165, 1.54) is 55.2 Å². The molecule has 74 heavy (non-hydrogen) atoms. The molecular weight excluding hydrogens is 897 g/mol. The second-order valence-electron chi connectivity index (χ2n) is 19.5. The van der Waals surface area contributed by atoms with E-state index in [0.717, 1.165) is 77.7 Å². The van der Waals surface area contributed by atoms with Crippen molar-refractivity contribution >= 4 is 71.6 Å². The fourth-order valence-corrected chi connectivity index (χ4v) is 12.5. The molecule has 0 bridgehead atoms. The summed E-state index contributed by atoms with van der Waals surface area (Å²) in [4.78, 5) is 2.45. The van der Waals surface area contributed by atoms with Crippen LogP contribution in [0.15, 0.2) is 283 Å². The summed E-state index contributed by atoms with van der Waals surface area (Å²) >= 11 is 0. The summed E-state index contributed by atoms with van der Waals surface area (Å²) in [5, 5.41) is 7.00. The van der Waals surface area contributed by atoms with E-state index in [4.69, 9.17) is 4.42 Å². The van der Waals surface area contributed by atoms with Crippen LogP contribution in [0.2, 0.25) is 0 Å². The van der Waals surface area contributed by atoms with Crippen molar-refractivity contribution < 1.29 is 4.42 Å². The van der Waals surface area contributed by atoms with Crippen LogP contribution in [0.4, 0.5) is 17.1 Å². The van der Waals surface area contributed by atoms with Crippen molar-refractivity contribution in [2.24, 2.45) is 0 Å². The molecule has 0 radical (unpaired) electrons. The molecule has 14 aromatic rings. The lowest BCUT2D eigenvalue weighted by molar-refractivity contribution is 0.674. The highest BCUT2D eigenvalue weighted by molar-refractivity contribution is 6.18. The number of nitrogens with zero attached hydrogens (tertiary/aromatic N) is 2. The fraction of sp³-hybridized carbons (Fsp3) is 0.0141. The highest BCUT2D eigenvalue weighted by Gasteiger charge is 2.46. The van der Waals surface area contributed by atoms with E-state index in [0.29, 0.717) is 0 Å². The number of aromatic nitrogens is 1. The number of fused-ring (bicyclic) bond motifs is 11. The second-order valence-corrected chi connectivity index (χ2v) is 19.5. The van der Waals surface area contributed by atoms with Gasteiger partial charge in [0.15, 0.2) is 0 Å². The monoisotopic (exact) mass is 942 g/mol. The highest BCUT2D eigenvalue weighted by atomic mass is 16.3. The quantitative estimate of drug-likeness (QED) is 0.151. The van der Waals surface area contributed by atoms with Crippen molar-refractivity contribution in [3.63, 3.8) is 0 Å². The van der Waals surface area contributed by atoms with Gasteiger partial charge < -0.3 is 13.9 Å². The first kappa shape index (κ1) is 42.0. The van der Waals surface area contributed by atoms with E-state index in [9.17, 15) is 0 Å². The zero-order valence-electron chi connectivity index (χ0n) is 40.4. The Hall–Kier alpha value is -9.70. The lowest BCUT2D eigenvalue weighted by atomic mass is 9.67. The molecule has 15 rings (SSSR count). The third-order valence-corrected chi connectivity index (χ3v) is 15.7. The van der Waals surface area contributed by atoms with E-state index in [-0.39, 0.29) is 0 Å². The Morgan fingerprint density at radius 2 is 0.892 bits per heavy atom. The van der Waals surface area contributed by atoms with Crippen molar-refractivity contribution in [3.05, 3.63) is 301 Å². The standard InChI is InChI=1S/C71H46N2O/c1-3-21-50(22-4-1)71(51-23-5-2-6-24-51)64-33-13-9-27-56(64)57-44-42-54(46-65(57)71)72(66-34-14-12-30-60(66)61-31-18-32-62-63-43-39-48-19-7-8-26-55(48)69(63)74-70(61)62)52-40-37-47(38-41-52)49-20-17-25-53(45-49)73-67-35-15-10-28-58(67)59-29-11-16-36-68(59)73/h1-46H. The van der Waals surface area contributed by atoms with Gasteiger partial charge in [-0.1, -0.05) is 218 Å². The van der Waals surface area contributed by atoms with Crippen LogP contribution in [0.5, 0.6) is 0 Å². The van der Waals surface area contributed by atoms with E-state index >= 15 is 0 Å². The van der Waals surface area contributed by atoms with Crippen LogP contribution in [0.1, 0.15) is 22.3 Å². The Bertz CT molecular complexity index is 4390. The van der Waals surface area contributed by atoms with Crippen molar-refractivity contribution in [2.45, 2.75) is 5.41 Å². The average molecular weight is 943 g/mol. The normalized spacial score (nSPS) is 12.7. The molecule has 1 aliphatic rings. The summed E-state index contributed by atoms with van der Waals surface area (Å²) in [7, 11) is 0. The van der Waals surface area contributed by atoms with Crippen molar-refractivity contribution in [1.82, 2.24) is 4.57 Å². The third-order valence-electron chi connectivity index (χ3n) is 15.7. The fourth-order valence-electron chi connectivity index (χ4n) is 12.5. The molecule has 2 aromatic heterocycles. The van der Waals surface area contributed by atoms with Gasteiger partial charge in [0.1, 0.15) is 11.2 Å². The molecule has 1 aliphatic carbocycles. The largest absolute Gasteiger partial charge is 0.455 e. The minimum absolute atomic E-state index is 0.566. The number of anilines is 3. The predicted molar refractivity (Wildman–Crippen MR) is 308 cm³/mol. The van der Waals surface area contributed by atoms with E-state index in [1.807, 2.05) is 0 Å². The van der Waals surface area contributed by atoms with E-state index in [1.54, 1.807) is 0 Å².